The van der Waals surface area contributed by atoms with Crippen molar-refractivity contribution in [3.05, 3.63) is 64.8 Å². The minimum atomic E-state index is 0.790. The Bertz CT molecular complexity index is 787. The second kappa shape index (κ2) is 5.12. The van der Waals surface area contributed by atoms with Crippen molar-refractivity contribution in [2.75, 3.05) is 11.9 Å². The van der Waals surface area contributed by atoms with Gasteiger partial charge in [0.05, 0.1) is 5.52 Å². The van der Waals surface area contributed by atoms with Crippen LogP contribution in [0.5, 0.6) is 0 Å². The average molecular weight is 297 g/mol. The average Bonchev–Trinajstić information content (AvgIpc) is 2.71. The highest BCUT2D eigenvalue weighted by Crippen LogP contribution is 2.32. The van der Waals surface area contributed by atoms with E-state index in [1.54, 1.807) is 0 Å². The van der Waals surface area contributed by atoms with Crippen molar-refractivity contribution >= 4 is 28.2 Å². The van der Waals surface area contributed by atoms with E-state index >= 15 is 0 Å². The van der Waals surface area contributed by atoms with Crippen LogP contribution in [0, 0.1) is 0 Å². The second-order valence-corrected chi connectivity index (χ2v) is 6.08. The van der Waals surface area contributed by atoms with Gasteiger partial charge in [-0.25, -0.2) is 0 Å². The van der Waals surface area contributed by atoms with E-state index in [1.807, 2.05) is 12.1 Å². The summed E-state index contributed by atoms with van der Waals surface area (Å²) in [5, 5.41) is 5.73. The molecule has 21 heavy (non-hydrogen) atoms. The molecule has 0 radical (unpaired) electrons. The van der Waals surface area contributed by atoms with Crippen LogP contribution in [0.2, 0.25) is 5.02 Å². The Hall–Kier alpha value is -1.93. The smallest absolute Gasteiger partial charge is 0.0507 e. The largest absolute Gasteiger partial charge is 0.384 e. The van der Waals surface area contributed by atoms with Gasteiger partial charge in [0.2, 0.25) is 0 Å². The van der Waals surface area contributed by atoms with Crippen molar-refractivity contribution in [3.8, 4) is 0 Å². The van der Waals surface area contributed by atoms with Crippen molar-refractivity contribution in [1.29, 1.82) is 0 Å². The normalized spacial score (nSPS) is 14.0. The molecule has 4 rings (SSSR count). The molecule has 0 saturated carbocycles. The molecule has 0 spiro atoms. The lowest BCUT2D eigenvalue weighted by molar-refractivity contribution is 0.816. The number of hydrogen-bond acceptors (Lipinski definition) is 1. The topological polar surface area (TPSA) is 17.0 Å². The molecule has 0 unspecified atom stereocenters. The van der Waals surface area contributed by atoms with Gasteiger partial charge in [-0.1, -0.05) is 29.8 Å². The maximum absolute atomic E-state index is 5.97. The van der Waals surface area contributed by atoms with Gasteiger partial charge in [0, 0.05) is 35.4 Å². The fraction of sp³-hybridized carbons (Fsp3) is 0.222. The molecule has 0 saturated heterocycles. The maximum Gasteiger partial charge on any atom is 0.0507 e. The number of hydrogen-bond donors (Lipinski definition) is 1. The quantitative estimate of drug-likeness (QED) is 0.725. The number of nitrogens with zero attached hydrogens (tertiary/aromatic N) is 1. The number of nitrogens with one attached hydrogen (secondary N) is 1. The number of benzene rings is 2. The predicted molar refractivity (Wildman–Crippen MR) is 89.3 cm³/mol. The Morgan fingerprint density at radius 3 is 2.81 bits per heavy atom. The van der Waals surface area contributed by atoms with Gasteiger partial charge < -0.3 is 9.88 Å². The third-order valence-electron chi connectivity index (χ3n) is 4.19. The van der Waals surface area contributed by atoms with E-state index < -0.39 is 0 Å². The van der Waals surface area contributed by atoms with Crippen LogP contribution in [0.1, 0.15) is 17.5 Å². The van der Waals surface area contributed by atoms with Crippen molar-refractivity contribution in [1.82, 2.24) is 4.57 Å². The molecule has 1 aliphatic rings. The van der Waals surface area contributed by atoms with E-state index in [1.165, 1.54) is 34.1 Å². The third-order valence-corrected chi connectivity index (χ3v) is 4.44. The van der Waals surface area contributed by atoms with E-state index in [-0.39, 0.29) is 0 Å². The first-order valence-corrected chi connectivity index (χ1v) is 7.78. The van der Waals surface area contributed by atoms with E-state index in [9.17, 15) is 0 Å². The number of anilines is 1. The third kappa shape index (κ3) is 2.30. The molecule has 2 nitrogen and oxygen atoms in total. The monoisotopic (exact) mass is 296 g/mol. The van der Waals surface area contributed by atoms with Crippen molar-refractivity contribution < 1.29 is 0 Å². The van der Waals surface area contributed by atoms with Crippen LogP contribution in [-0.2, 0) is 13.0 Å². The number of halogens is 1. The highest BCUT2D eigenvalue weighted by atomic mass is 35.5. The summed E-state index contributed by atoms with van der Waals surface area (Å²) in [7, 11) is 0. The van der Waals surface area contributed by atoms with Gasteiger partial charge in [0.25, 0.3) is 0 Å². The van der Waals surface area contributed by atoms with Crippen LogP contribution in [0.15, 0.2) is 48.7 Å². The standard InChI is InChI=1S/C18H17ClN2/c19-15-8-6-13(7-9-15)11-21-12-14-3-2-10-20-16-4-1-5-17(21)18(14)16/h1,4-9,12,20H,2-3,10-11H2. The molecule has 0 aliphatic carbocycles. The fourth-order valence-corrected chi connectivity index (χ4v) is 3.32. The highest BCUT2D eigenvalue weighted by molar-refractivity contribution is 6.30. The Balaban J connectivity index is 1.81. The van der Waals surface area contributed by atoms with E-state index in [2.05, 4.69) is 46.4 Å². The Kier molecular flexibility index (Phi) is 3.12. The summed E-state index contributed by atoms with van der Waals surface area (Å²) in [6.45, 7) is 1.95. The van der Waals surface area contributed by atoms with Gasteiger partial charge in [-0.15, -0.1) is 0 Å². The van der Waals surface area contributed by atoms with Crippen molar-refractivity contribution in [2.24, 2.45) is 0 Å². The summed E-state index contributed by atoms with van der Waals surface area (Å²) in [4.78, 5) is 0. The fourth-order valence-electron chi connectivity index (χ4n) is 3.20. The molecule has 3 aromatic rings. The Labute approximate surface area is 129 Å². The molecule has 106 valence electrons. The Morgan fingerprint density at radius 1 is 1.10 bits per heavy atom. The van der Waals surface area contributed by atoms with E-state index in [0.29, 0.717) is 0 Å². The van der Waals surface area contributed by atoms with Gasteiger partial charge in [-0.05, 0) is 48.2 Å². The molecule has 2 aromatic carbocycles. The minimum absolute atomic E-state index is 0.790. The second-order valence-electron chi connectivity index (χ2n) is 5.64. The van der Waals surface area contributed by atoms with Crippen LogP contribution < -0.4 is 5.32 Å². The molecular formula is C18H17ClN2. The first-order valence-electron chi connectivity index (χ1n) is 7.40. The number of aromatic nitrogens is 1. The van der Waals surface area contributed by atoms with Gasteiger partial charge >= 0.3 is 0 Å². The van der Waals surface area contributed by atoms with Gasteiger partial charge in [-0.2, -0.15) is 0 Å². The zero-order valence-corrected chi connectivity index (χ0v) is 12.5. The summed E-state index contributed by atoms with van der Waals surface area (Å²) >= 11 is 5.97. The molecular weight excluding hydrogens is 280 g/mol. The summed E-state index contributed by atoms with van der Waals surface area (Å²) in [6, 6.07) is 14.6. The van der Waals surface area contributed by atoms with Crippen LogP contribution in [-0.4, -0.2) is 11.1 Å². The molecule has 0 bridgehead atoms. The lowest BCUT2D eigenvalue weighted by Crippen LogP contribution is -2.01. The lowest BCUT2D eigenvalue weighted by Gasteiger charge is -2.08. The summed E-state index contributed by atoms with van der Waals surface area (Å²) < 4.78 is 2.35. The Morgan fingerprint density at radius 2 is 1.95 bits per heavy atom. The molecule has 0 fully saturated rings. The summed E-state index contributed by atoms with van der Waals surface area (Å²) in [6.07, 6.45) is 4.65. The van der Waals surface area contributed by atoms with Crippen LogP contribution >= 0.6 is 11.6 Å². The van der Waals surface area contributed by atoms with Gasteiger partial charge in [0.1, 0.15) is 0 Å². The molecule has 1 aliphatic heterocycles. The number of rotatable bonds is 2. The molecule has 1 N–H and O–H groups in total. The van der Waals surface area contributed by atoms with Crippen LogP contribution in [0.25, 0.3) is 10.9 Å². The molecule has 2 heterocycles. The van der Waals surface area contributed by atoms with Crippen molar-refractivity contribution in [3.63, 3.8) is 0 Å². The maximum atomic E-state index is 5.97. The van der Waals surface area contributed by atoms with Gasteiger partial charge in [-0.3, -0.25) is 0 Å². The predicted octanol–water partition coefficient (Wildman–Crippen LogP) is 4.70. The molecule has 0 atom stereocenters. The summed E-state index contributed by atoms with van der Waals surface area (Å²) in [5.74, 6) is 0. The van der Waals surface area contributed by atoms with E-state index in [0.717, 1.165) is 24.5 Å². The van der Waals surface area contributed by atoms with E-state index in [4.69, 9.17) is 11.6 Å². The molecule has 3 heteroatoms. The lowest BCUT2D eigenvalue weighted by atomic mass is 10.1. The van der Waals surface area contributed by atoms with Gasteiger partial charge in [0.15, 0.2) is 0 Å². The highest BCUT2D eigenvalue weighted by Gasteiger charge is 2.14. The zero-order valence-electron chi connectivity index (χ0n) is 11.8. The zero-order chi connectivity index (χ0) is 14.2. The van der Waals surface area contributed by atoms with Crippen molar-refractivity contribution in [2.45, 2.75) is 19.4 Å². The minimum Gasteiger partial charge on any atom is -0.384 e. The van der Waals surface area contributed by atoms with Crippen LogP contribution in [0.3, 0.4) is 0 Å². The number of aryl methyl sites for hydroxylation is 1. The first kappa shape index (κ1) is 12.8. The van der Waals surface area contributed by atoms with Crippen LogP contribution in [0.4, 0.5) is 5.69 Å². The SMILES string of the molecule is Clc1ccc(Cn2cc3c4c(cccc42)NCCC3)cc1. The summed E-state index contributed by atoms with van der Waals surface area (Å²) in [5.41, 5.74) is 5.32. The molecule has 0 amide bonds. The first-order chi connectivity index (χ1) is 10.3. The molecule has 1 aromatic heterocycles.